The minimum Gasteiger partial charge on any atom is -0.352 e. The van der Waals surface area contributed by atoms with Gasteiger partial charge in [0.1, 0.15) is 0 Å². The Morgan fingerprint density at radius 2 is 1.45 bits per heavy atom. The quantitative estimate of drug-likeness (QED) is 0.447. The first-order valence-electron chi connectivity index (χ1n) is 12.4. The first-order valence-corrected chi connectivity index (χ1v) is 12.4. The molecule has 1 aromatic rings. The van der Waals surface area contributed by atoms with E-state index >= 15 is 0 Å². The van der Waals surface area contributed by atoms with Gasteiger partial charge in [0.15, 0.2) is 17.9 Å². The van der Waals surface area contributed by atoms with E-state index in [0.717, 1.165) is 49.4 Å². The van der Waals surface area contributed by atoms with Crippen molar-refractivity contribution in [1.82, 2.24) is 0 Å². The second-order valence-corrected chi connectivity index (χ2v) is 10.1. The van der Waals surface area contributed by atoms with E-state index in [1.54, 1.807) is 6.07 Å². The van der Waals surface area contributed by atoms with Crippen LogP contribution < -0.4 is 0 Å². The van der Waals surface area contributed by atoms with Gasteiger partial charge in [0.05, 0.1) is 13.2 Å². The van der Waals surface area contributed by atoms with Crippen LogP contribution >= 0.6 is 0 Å². The predicted molar refractivity (Wildman–Crippen MR) is 120 cm³/mol. The number of halogens is 2. The fraction of sp³-hybridized carbons (Fsp3) is 0.704. The largest absolute Gasteiger partial charge is 0.352 e. The van der Waals surface area contributed by atoms with Gasteiger partial charge in [-0.15, -0.1) is 0 Å². The number of allylic oxidation sites excluding steroid dienone is 1. The van der Waals surface area contributed by atoms with E-state index in [4.69, 9.17) is 9.47 Å². The van der Waals surface area contributed by atoms with Gasteiger partial charge in [0.25, 0.3) is 0 Å². The summed E-state index contributed by atoms with van der Waals surface area (Å²) >= 11 is 0. The van der Waals surface area contributed by atoms with Crippen molar-refractivity contribution in [3.63, 3.8) is 0 Å². The fourth-order valence-corrected chi connectivity index (χ4v) is 6.09. The molecule has 0 N–H and O–H groups in total. The number of benzene rings is 1. The molecule has 0 amide bonds. The van der Waals surface area contributed by atoms with Gasteiger partial charge in [-0.05, 0) is 93.7 Å². The van der Waals surface area contributed by atoms with Crippen LogP contribution in [0.15, 0.2) is 30.4 Å². The summed E-state index contributed by atoms with van der Waals surface area (Å²) in [6.45, 7) is 3.64. The smallest absolute Gasteiger partial charge is 0.160 e. The highest BCUT2D eigenvalue weighted by atomic mass is 19.2. The van der Waals surface area contributed by atoms with E-state index in [2.05, 4.69) is 12.2 Å². The van der Waals surface area contributed by atoms with Gasteiger partial charge in [-0.3, -0.25) is 0 Å². The van der Waals surface area contributed by atoms with Crippen LogP contribution in [0.3, 0.4) is 0 Å². The van der Waals surface area contributed by atoms with E-state index in [1.807, 2.05) is 6.92 Å². The van der Waals surface area contributed by atoms with Gasteiger partial charge >= 0.3 is 0 Å². The van der Waals surface area contributed by atoms with E-state index in [1.165, 1.54) is 63.5 Å². The third-order valence-electron chi connectivity index (χ3n) is 8.00. The molecule has 1 saturated heterocycles. The Hall–Kier alpha value is -1.26. The Morgan fingerprint density at radius 1 is 0.839 bits per heavy atom. The Labute approximate surface area is 186 Å². The highest BCUT2D eigenvalue weighted by molar-refractivity contribution is 5.17. The summed E-state index contributed by atoms with van der Waals surface area (Å²) in [6, 6.07) is 4.34. The predicted octanol–water partition coefficient (Wildman–Crippen LogP) is 7.08. The summed E-state index contributed by atoms with van der Waals surface area (Å²) in [7, 11) is 0. The van der Waals surface area contributed by atoms with E-state index in [-0.39, 0.29) is 6.29 Å². The molecule has 3 fully saturated rings. The van der Waals surface area contributed by atoms with Crippen molar-refractivity contribution < 1.29 is 18.3 Å². The van der Waals surface area contributed by atoms with Gasteiger partial charge in [0.2, 0.25) is 0 Å². The Bertz CT molecular complexity index is 710. The van der Waals surface area contributed by atoms with E-state index < -0.39 is 11.6 Å². The maximum atomic E-state index is 13.4. The molecule has 0 atom stereocenters. The zero-order valence-corrected chi connectivity index (χ0v) is 18.9. The van der Waals surface area contributed by atoms with Gasteiger partial charge in [0, 0.05) is 11.8 Å². The number of ether oxygens (including phenoxy) is 2. The molecule has 0 radical (unpaired) electrons. The first-order chi connectivity index (χ1) is 15.1. The first kappa shape index (κ1) is 22.9. The summed E-state index contributed by atoms with van der Waals surface area (Å²) in [4.78, 5) is 0. The number of hydrogen-bond donors (Lipinski definition) is 0. The van der Waals surface area contributed by atoms with Gasteiger partial charge in [-0.1, -0.05) is 31.1 Å². The number of aryl methyl sites for hydroxylation is 1. The molecule has 4 heteroatoms. The maximum Gasteiger partial charge on any atom is 0.160 e. The molecule has 4 rings (SSSR count). The molecule has 2 nitrogen and oxygen atoms in total. The van der Waals surface area contributed by atoms with E-state index in [0.29, 0.717) is 11.8 Å². The molecule has 3 aliphatic rings. The van der Waals surface area contributed by atoms with Crippen LogP contribution in [0.1, 0.15) is 70.3 Å². The Balaban J connectivity index is 1.15. The van der Waals surface area contributed by atoms with Gasteiger partial charge in [-0.25, -0.2) is 8.78 Å². The third-order valence-corrected chi connectivity index (χ3v) is 8.00. The average molecular weight is 433 g/mol. The molecule has 172 valence electrons. The van der Waals surface area contributed by atoms with Crippen molar-refractivity contribution in [1.29, 1.82) is 0 Å². The maximum absolute atomic E-state index is 13.4. The molecule has 1 aliphatic heterocycles. The Morgan fingerprint density at radius 3 is 2.06 bits per heavy atom. The van der Waals surface area contributed by atoms with Crippen molar-refractivity contribution in [2.45, 2.75) is 77.4 Å². The van der Waals surface area contributed by atoms with E-state index in [9.17, 15) is 8.78 Å². The lowest BCUT2D eigenvalue weighted by atomic mass is 9.68. The zero-order chi connectivity index (χ0) is 21.6. The molecule has 1 aromatic carbocycles. The van der Waals surface area contributed by atoms with Crippen molar-refractivity contribution in [3.05, 3.63) is 47.5 Å². The molecule has 31 heavy (non-hydrogen) atoms. The van der Waals surface area contributed by atoms with Crippen molar-refractivity contribution in [2.24, 2.45) is 29.6 Å². The summed E-state index contributed by atoms with van der Waals surface area (Å²) in [5.41, 5.74) is 0.920. The van der Waals surface area contributed by atoms with Crippen molar-refractivity contribution in [2.75, 3.05) is 13.2 Å². The normalized spacial score (nSPS) is 34.8. The van der Waals surface area contributed by atoms with Gasteiger partial charge < -0.3 is 9.47 Å². The van der Waals surface area contributed by atoms with Crippen molar-refractivity contribution >= 4 is 0 Å². The van der Waals surface area contributed by atoms with Crippen LogP contribution in [-0.4, -0.2) is 19.5 Å². The third kappa shape index (κ3) is 6.16. The average Bonchev–Trinajstić information content (AvgIpc) is 2.81. The minimum atomic E-state index is -0.751. The summed E-state index contributed by atoms with van der Waals surface area (Å²) in [6.07, 6.45) is 16.6. The second kappa shape index (κ2) is 11.0. The second-order valence-electron chi connectivity index (χ2n) is 10.1. The summed E-state index contributed by atoms with van der Waals surface area (Å²) in [5, 5.41) is 0. The van der Waals surface area contributed by atoms with Crippen LogP contribution in [-0.2, 0) is 15.9 Å². The number of hydrogen-bond acceptors (Lipinski definition) is 2. The topological polar surface area (TPSA) is 18.5 Å². The minimum absolute atomic E-state index is 0.00879. The highest BCUT2D eigenvalue weighted by Gasteiger charge is 2.35. The monoisotopic (exact) mass is 432 g/mol. The highest BCUT2D eigenvalue weighted by Crippen LogP contribution is 2.43. The van der Waals surface area contributed by atoms with Crippen LogP contribution in [0.2, 0.25) is 0 Å². The molecular weight excluding hydrogens is 394 g/mol. The summed E-state index contributed by atoms with van der Waals surface area (Å²) in [5.74, 6) is 1.97. The molecule has 0 aromatic heterocycles. The van der Waals surface area contributed by atoms with Crippen LogP contribution in [0.4, 0.5) is 8.78 Å². The molecular formula is C27H38F2O2. The standard InChI is InChI=1S/C27H38F2O2/c1-2-3-21-17-30-27(31-18-21)24-13-11-23(12-14-24)22-9-6-19(7-10-22)4-5-20-8-15-25(28)26(29)16-20/h2-3,8,15-16,19,21-24,27H,4-7,9-14,17-18H2,1H3/b3-2+. The van der Waals surface area contributed by atoms with Gasteiger partial charge in [-0.2, -0.15) is 0 Å². The molecule has 0 bridgehead atoms. The lowest BCUT2D eigenvalue weighted by molar-refractivity contribution is -0.223. The zero-order valence-electron chi connectivity index (χ0n) is 18.9. The molecule has 2 aliphatic carbocycles. The lowest BCUT2D eigenvalue weighted by Crippen LogP contribution is -2.38. The fourth-order valence-electron chi connectivity index (χ4n) is 6.09. The number of rotatable bonds is 6. The summed E-state index contributed by atoms with van der Waals surface area (Å²) < 4.78 is 38.6. The molecule has 0 unspecified atom stereocenters. The SMILES string of the molecule is C/C=C/C1COC(C2CCC(C3CCC(CCc4ccc(F)c(F)c4)CC3)CC2)OC1. The Kier molecular flexibility index (Phi) is 8.17. The lowest BCUT2D eigenvalue weighted by Gasteiger charge is -2.40. The molecule has 0 spiro atoms. The van der Waals surface area contributed by atoms with Crippen LogP contribution in [0.25, 0.3) is 0 Å². The van der Waals surface area contributed by atoms with Crippen LogP contribution in [0.5, 0.6) is 0 Å². The molecule has 1 heterocycles. The van der Waals surface area contributed by atoms with Crippen LogP contribution in [0, 0.1) is 41.2 Å². The molecule has 2 saturated carbocycles. The van der Waals surface area contributed by atoms with Crippen molar-refractivity contribution in [3.8, 4) is 0 Å².